The van der Waals surface area contributed by atoms with Gasteiger partial charge in [-0.15, -0.1) is 0 Å². The molecule has 6 heteroatoms. The van der Waals surface area contributed by atoms with Gasteiger partial charge in [0, 0.05) is 20.4 Å². The summed E-state index contributed by atoms with van der Waals surface area (Å²) < 4.78 is 0.761. The van der Waals surface area contributed by atoms with E-state index in [1.807, 2.05) is 72.8 Å². The van der Waals surface area contributed by atoms with Crippen molar-refractivity contribution in [3.8, 4) is 0 Å². The SMILES string of the molecule is O=C(c1ccccc1Br)N1N=C2/C(=C/c3ccc(Cl)cc3)CCC[C@@H]2[C@@H]1c1ccc(Cl)cc1. The summed E-state index contributed by atoms with van der Waals surface area (Å²) in [5, 5.41) is 8.01. The molecule has 0 saturated heterocycles. The number of hydrogen-bond acceptors (Lipinski definition) is 2. The molecule has 0 radical (unpaired) electrons. The summed E-state index contributed by atoms with van der Waals surface area (Å²) in [4.78, 5) is 13.7. The van der Waals surface area contributed by atoms with Crippen LogP contribution in [0.5, 0.6) is 0 Å². The second kappa shape index (κ2) is 9.46. The summed E-state index contributed by atoms with van der Waals surface area (Å²) in [6.45, 7) is 0. The number of carbonyl (C=O) groups is 1. The van der Waals surface area contributed by atoms with Gasteiger partial charge in [-0.3, -0.25) is 4.79 Å². The third kappa shape index (κ3) is 4.52. The normalized spacial score (nSPS) is 21.1. The van der Waals surface area contributed by atoms with Crippen LogP contribution in [0.1, 0.15) is 46.8 Å². The predicted molar refractivity (Wildman–Crippen MR) is 139 cm³/mol. The molecule has 3 nitrogen and oxygen atoms in total. The first kappa shape index (κ1) is 22.4. The van der Waals surface area contributed by atoms with Crippen molar-refractivity contribution < 1.29 is 4.79 Å². The Bertz CT molecular complexity index is 1250. The Kier molecular flexibility index (Phi) is 6.42. The molecule has 1 aliphatic carbocycles. The molecule has 2 aliphatic rings. The number of amides is 1. The van der Waals surface area contributed by atoms with Gasteiger partial charge in [-0.05, 0) is 94.4 Å². The first-order chi connectivity index (χ1) is 16.0. The average Bonchev–Trinajstić information content (AvgIpc) is 3.22. The first-order valence-corrected chi connectivity index (χ1v) is 12.4. The summed E-state index contributed by atoms with van der Waals surface area (Å²) in [5.41, 5.74) is 4.89. The third-order valence-corrected chi connectivity index (χ3v) is 7.43. The summed E-state index contributed by atoms with van der Waals surface area (Å²) in [6, 6.07) is 22.9. The zero-order valence-corrected chi connectivity index (χ0v) is 20.8. The van der Waals surface area contributed by atoms with E-state index in [1.165, 1.54) is 5.57 Å². The Balaban J connectivity index is 1.59. The van der Waals surface area contributed by atoms with E-state index in [9.17, 15) is 4.79 Å². The van der Waals surface area contributed by atoms with Gasteiger partial charge in [-0.25, -0.2) is 5.01 Å². The molecular weight excluding hydrogens is 519 g/mol. The third-order valence-electron chi connectivity index (χ3n) is 6.24. The van der Waals surface area contributed by atoms with Crippen molar-refractivity contribution in [2.24, 2.45) is 11.0 Å². The molecule has 3 aromatic carbocycles. The van der Waals surface area contributed by atoms with E-state index in [2.05, 4.69) is 22.0 Å². The molecule has 2 atom stereocenters. The highest BCUT2D eigenvalue weighted by Crippen LogP contribution is 2.45. The van der Waals surface area contributed by atoms with Gasteiger partial charge in [-0.2, -0.15) is 5.10 Å². The lowest BCUT2D eigenvalue weighted by atomic mass is 9.77. The average molecular weight is 540 g/mol. The summed E-state index contributed by atoms with van der Waals surface area (Å²) in [5.74, 6) is 0.0140. The van der Waals surface area contributed by atoms with Gasteiger partial charge in [0.15, 0.2) is 0 Å². The van der Waals surface area contributed by atoms with Crippen LogP contribution in [-0.4, -0.2) is 16.6 Å². The van der Waals surface area contributed by atoms with Gasteiger partial charge in [0.05, 0.1) is 17.3 Å². The second-order valence-corrected chi connectivity index (χ2v) is 10.1. The highest BCUT2D eigenvalue weighted by molar-refractivity contribution is 9.10. The Morgan fingerprint density at radius 1 is 0.970 bits per heavy atom. The quantitative estimate of drug-likeness (QED) is 0.330. The van der Waals surface area contributed by atoms with Crippen LogP contribution in [0, 0.1) is 5.92 Å². The second-order valence-electron chi connectivity index (χ2n) is 8.33. The fourth-order valence-corrected chi connectivity index (χ4v) is 5.39. The monoisotopic (exact) mass is 538 g/mol. The molecule has 1 aliphatic heterocycles. The Hall–Kier alpha value is -2.40. The van der Waals surface area contributed by atoms with Crippen molar-refractivity contribution in [1.82, 2.24) is 5.01 Å². The van der Waals surface area contributed by atoms with E-state index in [4.69, 9.17) is 28.3 Å². The van der Waals surface area contributed by atoms with Crippen molar-refractivity contribution in [2.45, 2.75) is 25.3 Å². The van der Waals surface area contributed by atoms with E-state index in [0.717, 1.165) is 40.6 Å². The highest BCUT2D eigenvalue weighted by Gasteiger charge is 2.44. The van der Waals surface area contributed by atoms with Crippen LogP contribution in [0.2, 0.25) is 10.0 Å². The number of benzene rings is 3. The largest absolute Gasteiger partial charge is 0.275 e. The Morgan fingerprint density at radius 2 is 1.64 bits per heavy atom. The predicted octanol–water partition coefficient (Wildman–Crippen LogP) is 8.19. The topological polar surface area (TPSA) is 32.7 Å². The maximum absolute atomic E-state index is 13.7. The van der Waals surface area contributed by atoms with Crippen molar-refractivity contribution in [1.29, 1.82) is 0 Å². The summed E-state index contributed by atoms with van der Waals surface area (Å²) >= 11 is 15.8. The van der Waals surface area contributed by atoms with Crippen LogP contribution >= 0.6 is 39.1 Å². The number of allylic oxidation sites excluding steroid dienone is 1. The van der Waals surface area contributed by atoms with Crippen molar-refractivity contribution in [3.05, 3.63) is 110 Å². The molecule has 0 aromatic heterocycles. The van der Waals surface area contributed by atoms with E-state index in [0.29, 0.717) is 15.6 Å². The number of hydrogen-bond donors (Lipinski definition) is 0. The Morgan fingerprint density at radius 3 is 2.33 bits per heavy atom. The van der Waals surface area contributed by atoms with Crippen LogP contribution in [0.4, 0.5) is 0 Å². The fraction of sp³-hybridized carbons (Fsp3) is 0.185. The molecule has 1 amide bonds. The smallest absolute Gasteiger partial charge is 0.267 e. The van der Waals surface area contributed by atoms with Crippen molar-refractivity contribution >= 4 is 56.8 Å². The highest BCUT2D eigenvalue weighted by atomic mass is 79.9. The summed E-state index contributed by atoms with van der Waals surface area (Å²) in [7, 11) is 0. The van der Waals surface area contributed by atoms with Gasteiger partial charge in [0.2, 0.25) is 0 Å². The number of carbonyl (C=O) groups excluding carboxylic acids is 1. The molecule has 166 valence electrons. The lowest BCUT2D eigenvalue weighted by molar-refractivity contribution is 0.0680. The van der Waals surface area contributed by atoms with Crippen LogP contribution in [0.25, 0.3) is 6.08 Å². The molecule has 1 fully saturated rings. The van der Waals surface area contributed by atoms with Crippen LogP contribution in [0.3, 0.4) is 0 Å². The van der Waals surface area contributed by atoms with Gasteiger partial charge in [0.1, 0.15) is 0 Å². The number of nitrogens with zero attached hydrogens (tertiary/aromatic N) is 2. The summed E-state index contributed by atoms with van der Waals surface area (Å²) in [6.07, 6.45) is 5.13. The number of hydrazone groups is 1. The minimum Gasteiger partial charge on any atom is -0.267 e. The maximum Gasteiger partial charge on any atom is 0.275 e. The first-order valence-electron chi connectivity index (χ1n) is 10.9. The van der Waals surface area contributed by atoms with E-state index in [-0.39, 0.29) is 17.9 Å². The standard InChI is InChI=1S/C27H21BrCl2N2O/c28-24-7-2-1-5-22(24)27(33)32-26(18-10-14-21(30)15-11-18)23-6-3-4-19(25(23)31-32)16-17-8-12-20(29)13-9-17/h1-2,5,7-16,23,26H,3-4,6H2/b19-16+/t23-,26-/m0/s1. The number of fused-ring (bicyclic) bond motifs is 1. The molecule has 3 aromatic rings. The number of rotatable bonds is 3. The van der Waals surface area contributed by atoms with Gasteiger partial charge in [-0.1, -0.05) is 59.6 Å². The fourth-order valence-electron chi connectivity index (χ4n) is 4.68. The lowest BCUT2D eigenvalue weighted by Crippen LogP contribution is -2.32. The van der Waals surface area contributed by atoms with Crippen LogP contribution < -0.4 is 0 Å². The van der Waals surface area contributed by atoms with E-state index < -0.39 is 0 Å². The molecule has 1 saturated carbocycles. The molecule has 33 heavy (non-hydrogen) atoms. The zero-order chi connectivity index (χ0) is 22.9. The molecule has 0 unspecified atom stereocenters. The lowest BCUT2D eigenvalue weighted by Gasteiger charge is -2.30. The van der Waals surface area contributed by atoms with Crippen LogP contribution in [-0.2, 0) is 0 Å². The van der Waals surface area contributed by atoms with E-state index in [1.54, 1.807) is 5.01 Å². The molecule has 5 rings (SSSR count). The molecule has 0 spiro atoms. The van der Waals surface area contributed by atoms with Gasteiger partial charge >= 0.3 is 0 Å². The molecular formula is C27H21BrCl2N2O. The zero-order valence-electron chi connectivity index (χ0n) is 17.7. The molecule has 1 heterocycles. The Labute approximate surface area is 211 Å². The van der Waals surface area contributed by atoms with Crippen molar-refractivity contribution in [2.75, 3.05) is 0 Å². The minimum absolute atomic E-state index is 0.116. The number of halogens is 3. The van der Waals surface area contributed by atoms with Crippen LogP contribution in [0.15, 0.2) is 87.9 Å². The van der Waals surface area contributed by atoms with Gasteiger partial charge < -0.3 is 0 Å². The van der Waals surface area contributed by atoms with E-state index >= 15 is 0 Å². The molecule has 0 bridgehead atoms. The molecule has 0 N–H and O–H groups in total. The minimum atomic E-state index is -0.175. The van der Waals surface area contributed by atoms with Crippen molar-refractivity contribution in [3.63, 3.8) is 0 Å². The van der Waals surface area contributed by atoms with Gasteiger partial charge in [0.25, 0.3) is 5.91 Å². The maximum atomic E-state index is 13.7.